The molecule has 0 N–H and O–H groups in total. The van der Waals surface area contributed by atoms with Gasteiger partial charge in [0.2, 0.25) is 0 Å². The highest BCUT2D eigenvalue weighted by molar-refractivity contribution is 5.97. The molecule has 0 bridgehead atoms. The molecular weight excluding hydrogens is 287 g/mol. The average molecular weight is 308 g/mol. The second-order valence-corrected chi connectivity index (χ2v) is 5.84. The molecule has 0 aliphatic carbocycles. The van der Waals surface area contributed by atoms with Gasteiger partial charge in [0.05, 0.1) is 31.4 Å². The van der Waals surface area contributed by atoms with Crippen molar-refractivity contribution in [2.75, 3.05) is 40.4 Å². The summed E-state index contributed by atoms with van der Waals surface area (Å²) in [6.07, 6.45) is 0.982. The molecule has 0 aromatic heterocycles. The molecular formula is C16H21FN2O3. The van der Waals surface area contributed by atoms with Crippen molar-refractivity contribution in [2.45, 2.75) is 18.6 Å². The number of carbonyl (C=O) groups is 1. The van der Waals surface area contributed by atoms with Gasteiger partial charge in [0.15, 0.2) is 0 Å². The Kier molecular flexibility index (Phi) is 4.31. The summed E-state index contributed by atoms with van der Waals surface area (Å²) >= 11 is 0. The number of piperidine rings is 1. The maximum atomic E-state index is 13.5. The molecule has 3 rings (SSSR count). The number of rotatable bonds is 2. The molecule has 120 valence electrons. The molecule has 1 aromatic rings. The lowest BCUT2D eigenvalue weighted by atomic mass is 9.98. The van der Waals surface area contributed by atoms with Crippen LogP contribution < -0.4 is 4.74 Å². The molecule has 6 heteroatoms. The van der Waals surface area contributed by atoms with Crippen molar-refractivity contribution in [1.29, 1.82) is 0 Å². The topological polar surface area (TPSA) is 42.0 Å². The minimum Gasteiger partial charge on any atom is -0.496 e. The third-order valence-corrected chi connectivity index (χ3v) is 4.54. The van der Waals surface area contributed by atoms with Crippen LogP contribution in [-0.4, -0.2) is 68.3 Å². The smallest absolute Gasteiger partial charge is 0.257 e. The predicted molar refractivity (Wildman–Crippen MR) is 79.6 cm³/mol. The predicted octanol–water partition coefficient (Wildman–Crippen LogP) is 1.38. The summed E-state index contributed by atoms with van der Waals surface area (Å²) in [5.74, 6) is -0.215. The van der Waals surface area contributed by atoms with E-state index in [9.17, 15) is 9.18 Å². The van der Waals surface area contributed by atoms with Gasteiger partial charge in [-0.2, -0.15) is 0 Å². The van der Waals surface area contributed by atoms with E-state index in [1.165, 1.54) is 25.3 Å². The average Bonchev–Trinajstić information content (AvgIpc) is 2.54. The number of amides is 1. The number of hydrogen-bond acceptors (Lipinski definition) is 4. The van der Waals surface area contributed by atoms with Gasteiger partial charge >= 0.3 is 0 Å². The first-order valence-electron chi connectivity index (χ1n) is 7.55. The number of hydrogen-bond donors (Lipinski definition) is 0. The summed E-state index contributed by atoms with van der Waals surface area (Å²) in [5.41, 5.74) is 0.278. The number of nitrogens with zero attached hydrogens (tertiary/aromatic N) is 2. The van der Waals surface area contributed by atoms with E-state index in [1.54, 1.807) is 4.90 Å². The summed E-state index contributed by atoms with van der Waals surface area (Å²) in [6, 6.07) is 4.23. The number of halogens is 1. The zero-order valence-electron chi connectivity index (χ0n) is 12.9. The van der Waals surface area contributed by atoms with Gasteiger partial charge in [-0.05, 0) is 31.7 Å². The Labute approximate surface area is 129 Å². The van der Waals surface area contributed by atoms with E-state index in [2.05, 4.69) is 11.9 Å². The van der Waals surface area contributed by atoms with Crippen LogP contribution in [0.5, 0.6) is 5.75 Å². The fourth-order valence-electron chi connectivity index (χ4n) is 3.24. The van der Waals surface area contributed by atoms with Crippen LogP contribution in [0.3, 0.4) is 0 Å². The third kappa shape index (κ3) is 2.80. The normalized spacial score (nSPS) is 25.7. The summed E-state index contributed by atoms with van der Waals surface area (Å²) in [6.45, 7) is 2.82. The molecule has 2 heterocycles. The first-order chi connectivity index (χ1) is 10.6. The number of morpholine rings is 1. The van der Waals surface area contributed by atoms with Gasteiger partial charge in [-0.25, -0.2) is 4.39 Å². The molecule has 22 heavy (non-hydrogen) atoms. The quantitative estimate of drug-likeness (QED) is 0.828. The number of carbonyl (C=O) groups excluding carboxylic acids is 1. The van der Waals surface area contributed by atoms with Crippen LogP contribution in [0.25, 0.3) is 0 Å². The van der Waals surface area contributed by atoms with E-state index in [0.717, 1.165) is 19.6 Å². The Morgan fingerprint density at radius 3 is 3.00 bits per heavy atom. The van der Waals surface area contributed by atoms with Crippen molar-refractivity contribution in [3.05, 3.63) is 29.6 Å². The fraction of sp³-hybridized carbons (Fsp3) is 0.562. The Morgan fingerprint density at radius 1 is 1.41 bits per heavy atom. The van der Waals surface area contributed by atoms with Crippen LogP contribution in [0.15, 0.2) is 18.2 Å². The van der Waals surface area contributed by atoms with E-state index in [4.69, 9.17) is 9.47 Å². The molecule has 0 radical (unpaired) electrons. The van der Waals surface area contributed by atoms with Gasteiger partial charge in [-0.1, -0.05) is 0 Å². The molecule has 1 amide bonds. The second-order valence-electron chi connectivity index (χ2n) is 5.84. The largest absolute Gasteiger partial charge is 0.496 e. The molecule has 0 spiro atoms. The molecule has 2 fully saturated rings. The van der Waals surface area contributed by atoms with E-state index >= 15 is 0 Å². The molecule has 2 saturated heterocycles. The van der Waals surface area contributed by atoms with E-state index < -0.39 is 5.82 Å². The Bertz CT molecular complexity index is 566. The van der Waals surface area contributed by atoms with Crippen LogP contribution in [0.2, 0.25) is 0 Å². The van der Waals surface area contributed by atoms with Gasteiger partial charge in [-0.15, -0.1) is 0 Å². The fourth-order valence-corrected chi connectivity index (χ4v) is 3.24. The zero-order valence-corrected chi connectivity index (χ0v) is 12.9. The van der Waals surface area contributed by atoms with Gasteiger partial charge in [-0.3, -0.25) is 9.69 Å². The minimum atomic E-state index is -0.433. The van der Waals surface area contributed by atoms with Crippen LogP contribution in [0.1, 0.15) is 16.8 Å². The number of benzene rings is 1. The number of likely N-dealkylation sites (tertiary alicyclic amines) is 1. The van der Waals surface area contributed by atoms with Crippen LogP contribution in [0, 0.1) is 5.82 Å². The Hall–Kier alpha value is -1.66. The highest BCUT2D eigenvalue weighted by Crippen LogP contribution is 2.26. The Balaban J connectivity index is 1.79. The summed E-state index contributed by atoms with van der Waals surface area (Å²) in [4.78, 5) is 16.7. The van der Waals surface area contributed by atoms with Crippen molar-refractivity contribution >= 4 is 5.91 Å². The lowest BCUT2D eigenvalue weighted by molar-refractivity contribution is -0.0893. The maximum Gasteiger partial charge on any atom is 0.257 e. The van der Waals surface area contributed by atoms with Gasteiger partial charge in [0.25, 0.3) is 5.91 Å². The summed E-state index contributed by atoms with van der Waals surface area (Å²) in [7, 11) is 3.54. The number of methoxy groups -OCH3 is 1. The van der Waals surface area contributed by atoms with E-state index in [0.29, 0.717) is 18.8 Å². The lowest BCUT2D eigenvalue weighted by Crippen LogP contribution is -2.59. The van der Waals surface area contributed by atoms with Crippen molar-refractivity contribution in [2.24, 2.45) is 0 Å². The molecule has 2 atom stereocenters. The van der Waals surface area contributed by atoms with Crippen molar-refractivity contribution in [3.63, 3.8) is 0 Å². The van der Waals surface area contributed by atoms with Crippen molar-refractivity contribution in [1.82, 2.24) is 9.80 Å². The Morgan fingerprint density at radius 2 is 2.23 bits per heavy atom. The minimum absolute atomic E-state index is 0.178. The molecule has 2 aliphatic heterocycles. The zero-order chi connectivity index (χ0) is 15.7. The number of ether oxygens (including phenoxy) is 2. The molecule has 0 unspecified atom stereocenters. The number of likely N-dealkylation sites (N-methyl/N-ethyl adjacent to an activating group) is 1. The van der Waals surface area contributed by atoms with Crippen LogP contribution in [0.4, 0.5) is 4.39 Å². The van der Waals surface area contributed by atoms with Gasteiger partial charge in [0.1, 0.15) is 11.6 Å². The van der Waals surface area contributed by atoms with Crippen LogP contribution in [-0.2, 0) is 4.74 Å². The van der Waals surface area contributed by atoms with Crippen molar-refractivity contribution < 1.29 is 18.7 Å². The lowest BCUT2D eigenvalue weighted by Gasteiger charge is -2.45. The molecule has 1 aromatic carbocycles. The third-order valence-electron chi connectivity index (χ3n) is 4.54. The monoisotopic (exact) mass is 308 g/mol. The first-order valence-corrected chi connectivity index (χ1v) is 7.55. The standard InChI is InChI=1S/C16H21FN2O3/c1-18-7-8-22-15-5-6-19(10-13(15)18)16(20)12-9-11(17)3-4-14(12)21-2/h3-4,9,13,15H,5-8,10H2,1-2H3/t13-,15+/m1/s1. The van der Waals surface area contributed by atoms with Crippen LogP contribution >= 0.6 is 0 Å². The van der Waals surface area contributed by atoms with Gasteiger partial charge in [0, 0.05) is 19.6 Å². The molecule has 5 nitrogen and oxygen atoms in total. The van der Waals surface area contributed by atoms with Crippen molar-refractivity contribution in [3.8, 4) is 5.75 Å². The highest BCUT2D eigenvalue weighted by atomic mass is 19.1. The molecule has 2 aliphatic rings. The summed E-state index contributed by atoms with van der Waals surface area (Å²) in [5, 5.41) is 0. The summed E-state index contributed by atoms with van der Waals surface area (Å²) < 4.78 is 24.5. The molecule has 0 saturated carbocycles. The highest BCUT2D eigenvalue weighted by Gasteiger charge is 2.37. The van der Waals surface area contributed by atoms with E-state index in [-0.39, 0.29) is 23.6 Å². The first kappa shape index (κ1) is 15.2. The van der Waals surface area contributed by atoms with Gasteiger partial charge < -0.3 is 14.4 Å². The second kappa shape index (κ2) is 6.22. The van der Waals surface area contributed by atoms with E-state index in [1.807, 2.05) is 0 Å². The maximum absolute atomic E-state index is 13.5. The SMILES string of the molecule is COc1ccc(F)cc1C(=O)N1CC[C@@H]2OCCN(C)[C@@H]2C1. The number of fused-ring (bicyclic) bond motifs is 1.